The molecule has 0 aromatic carbocycles. The van der Waals surface area contributed by atoms with Gasteiger partial charge in [-0.2, -0.15) is 0 Å². The van der Waals surface area contributed by atoms with Crippen molar-refractivity contribution in [1.29, 1.82) is 0 Å². The van der Waals surface area contributed by atoms with Crippen LogP contribution in [0.5, 0.6) is 0 Å². The maximum Gasteiger partial charge on any atom is 0.242 e. The number of nitrogens with zero attached hydrogens (tertiary/aromatic N) is 3. The largest absolute Gasteiger partial charge is 0.355 e. The van der Waals surface area contributed by atoms with Gasteiger partial charge in [-0.25, -0.2) is 13.1 Å². The summed E-state index contributed by atoms with van der Waals surface area (Å²) in [6.07, 6.45) is 8.08. The zero-order valence-electron chi connectivity index (χ0n) is 16.8. The van der Waals surface area contributed by atoms with Crippen LogP contribution < -0.4 is 15.4 Å². The molecule has 1 saturated heterocycles. The molecule has 9 nitrogen and oxygen atoms in total. The quantitative estimate of drug-likeness (QED) is 0.331. The van der Waals surface area contributed by atoms with Gasteiger partial charge in [0.25, 0.3) is 0 Å². The SMILES string of the molecule is CN=C(NCCNS(=O)(=O)c1cccnc1)NC1CCN(C(=O)C2CCCC2)C1. The number of sulfonamides is 1. The minimum Gasteiger partial charge on any atom is -0.355 e. The standard InChI is InChI=1S/C19H30N6O3S/c1-20-19(22-10-11-23-29(27,28)17-7-4-9-21-13-17)24-16-8-12-25(14-16)18(26)15-5-2-3-6-15/h4,7,9,13,15-16,23H,2-3,5-6,8,10-12,14H2,1H3,(H2,20,22,24). The Morgan fingerprint density at radius 2 is 2.07 bits per heavy atom. The van der Waals surface area contributed by atoms with Crippen LogP contribution in [0.2, 0.25) is 0 Å². The summed E-state index contributed by atoms with van der Waals surface area (Å²) in [5.74, 6) is 1.10. The van der Waals surface area contributed by atoms with E-state index >= 15 is 0 Å². The Bertz CT molecular complexity index is 808. The number of likely N-dealkylation sites (tertiary alicyclic amines) is 1. The highest BCUT2D eigenvalue weighted by Gasteiger charge is 2.32. The third kappa shape index (κ3) is 5.89. The van der Waals surface area contributed by atoms with Gasteiger partial charge in [-0.1, -0.05) is 12.8 Å². The molecular formula is C19H30N6O3S. The molecular weight excluding hydrogens is 392 g/mol. The van der Waals surface area contributed by atoms with Crippen LogP contribution in [0.1, 0.15) is 32.1 Å². The molecule has 2 heterocycles. The number of carbonyl (C=O) groups excluding carboxylic acids is 1. The van der Waals surface area contributed by atoms with Crippen LogP contribution in [0.15, 0.2) is 34.4 Å². The molecule has 2 fully saturated rings. The lowest BCUT2D eigenvalue weighted by Gasteiger charge is -2.21. The number of aromatic nitrogens is 1. The summed E-state index contributed by atoms with van der Waals surface area (Å²) in [5.41, 5.74) is 0. The first-order valence-corrected chi connectivity index (χ1v) is 11.6. The zero-order chi connectivity index (χ0) is 20.7. The van der Waals surface area contributed by atoms with E-state index in [9.17, 15) is 13.2 Å². The van der Waals surface area contributed by atoms with Crippen molar-refractivity contribution in [2.45, 2.75) is 43.0 Å². The minimum absolute atomic E-state index is 0.139. The van der Waals surface area contributed by atoms with Gasteiger partial charge in [0.15, 0.2) is 5.96 Å². The summed E-state index contributed by atoms with van der Waals surface area (Å²) in [6, 6.07) is 3.24. The summed E-state index contributed by atoms with van der Waals surface area (Å²) in [5, 5.41) is 6.44. The van der Waals surface area contributed by atoms with Gasteiger partial charge in [-0.3, -0.25) is 14.8 Å². The Hall–Kier alpha value is -2.20. The molecule has 2 aliphatic rings. The Labute approximate surface area is 172 Å². The van der Waals surface area contributed by atoms with Gasteiger partial charge < -0.3 is 15.5 Å². The molecule has 1 aliphatic heterocycles. The number of pyridine rings is 1. The number of aliphatic imine (C=N–C) groups is 1. The lowest BCUT2D eigenvalue weighted by Crippen LogP contribution is -2.47. The number of hydrogen-bond donors (Lipinski definition) is 3. The zero-order valence-corrected chi connectivity index (χ0v) is 17.6. The first kappa shape index (κ1) is 21.5. The van der Waals surface area contributed by atoms with E-state index in [4.69, 9.17) is 0 Å². The summed E-state index contributed by atoms with van der Waals surface area (Å²) in [7, 11) is -1.90. The summed E-state index contributed by atoms with van der Waals surface area (Å²) in [4.78, 5) is 22.7. The van der Waals surface area contributed by atoms with Gasteiger partial charge in [0.1, 0.15) is 4.90 Å². The molecule has 0 radical (unpaired) electrons. The van der Waals surface area contributed by atoms with Crippen molar-refractivity contribution in [3.05, 3.63) is 24.5 Å². The summed E-state index contributed by atoms with van der Waals surface area (Å²) >= 11 is 0. The minimum atomic E-state index is -3.57. The molecule has 29 heavy (non-hydrogen) atoms. The highest BCUT2D eigenvalue weighted by atomic mass is 32.2. The van der Waals surface area contributed by atoms with Crippen LogP contribution in [0.25, 0.3) is 0 Å². The molecule has 0 spiro atoms. The van der Waals surface area contributed by atoms with E-state index in [0.717, 1.165) is 38.6 Å². The highest BCUT2D eigenvalue weighted by Crippen LogP contribution is 2.27. The number of rotatable bonds is 7. The molecule has 160 valence electrons. The Balaban J connectivity index is 1.39. The molecule has 10 heteroatoms. The van der Waals surface area contributed by atoms with Gasteiger partial charge >= 0.3 is 0 Å². The van der Waals surface area contributed by atoms with Crippen molar-refractivity contribution in [3.8, 4) is 0 Å². The Morgan fingerprint density at radius 1 is 1.28 bits per heavy atom. The molecule has 0 bridgehead atoms. The molecule has 1 aromatic rings. The van der Waals surface area contributed by atoms with Crippen LogP contribution in [0.4, 0.5) is 0 Å². The van der Waals surface area contributed by atoms with E-state index in [-0.39, 0.29) is 23.4 Å². The van der Waals surface area contributed by atoms with Gasteiger partial charge in [-0.15, -0.1) is 0 Å². The predicted octanol–water partition coefficient (Wildman–Crippen LogP) is 0.316. The molecule has 3 rings (SSSR count). The third-order valence-corrected chi connectivity index (χ3v) is 6.87. The topological polar surface area (TPSA) is 116 Å². The number of carbonyl (C=O) groups is 1. The second kappa shape index (κ2) is 10.0. The van der Waals surface area contributed by atoms with Crippen LogP contribution in [-0.2, 0) is 14.8 Å². The average Bonchev–Trinajstić information content (AvgIpc) is 3.42. The highest BCUT2D eigenvalue weighted by molar-refractivity contribution is 7.89. The maximum absolute atomic E-state index is 12.6. The van der Waals surface area contributed by atoms with E-state index in [1.165, 1.54) is 18.5 Å². The first-order valence-electron chi connectivity index (χ1n) is 10.2. The number of amides is 1. The molecule has 1 saturated carbocycles. The Kier molecular flexibility index (Phi) is 7.43. The van der Waals surface area contributed by atoms with Gasteiger partial charge in [0, 0.05) is 57.6 Å². The normalized spacial score (nSPS) is 20.8. The second-order valence-electron chi connectivity index (χ2n) is 7.48. The van der Waals surface area contributed by atoms with Crippen molar-refractivity contribution in [2.75, 3.05) is 33.2 Å². The first-order chi connectivity index (χ1) is 14.0. The summed E-state index contributed by atoms with van der Waals surface area (Å²) in [6.45, 7) is 2.06. The molecule has 1 aliphatic carbocycles. The average molecular weight is 423 g/mol. The second-order valence-corrected chi connectivity index (χ2v) is 9.25. The number of nitrogens with one attached hydrogen (secondary N) is 3. The van der Waals surface area contributed by atoms with Crippen LogP contribution >= 0.6 is 0 Å². The number of hydrogen-bond acceptors (Lipinski definition) is 5. The van der Waals surface area contributed by atoms with Gasteiger partial charge in [0.2, 0.25) is 15.9 Å². The van der Waals surface area contributed by atoms with E-state index in [1.807, 2.05) is 4.90 Å². The fourth-order valence-corrected chi connectivity index (χ4v) is 4.85. The predicted molar refractivity (Wildman–Crippen MR) is 111 cm³/mol. The van der Waals surface area contributed by atoms with Crippen molar-refractivity contribution >= 4 is 21.9 Å². The van der Waals surface area contributed by atoms with Crippen molar-refractivity contribution in [2.24, 2.45) is 10.9 Å². The van der Waals surface area contributed by atoms with Gasteiger partial charge in [0.05, 0.1) is 0 Å². The molecule has 3 N–H and O–H groups in total. The number of guanidine groups is 1. The van der Waals surface area contributed by atoms with E-state index in [0.29, 0.717) is 25.0 Å². The summed E-state index contributed by atoms with van der Waals surface area (Å²) < 4.78 is 26.9. The van der Waals surface area contributed by atoms with Crippen molar-refractivity contribution in [3.63, 3.8) is 0 Å². The van der Waals surface area contributed by atoms with E-state index in [2.05, 4.69) is 25.3 Å². The monoisotopic (exact) mass is 422 g/mol. The maximum atomic E-state index is 12.6. The molecule has 1 amide bonds. The fourth-order valence-electron chi connectivity index (χ4n) is 3.85. The van der Waals surface area contributed by atoms with Crippen molar-refractivity contribution in [1.82, 2.24) is 25.2 Å². The molecule has 1 atom stereocenters. The fraction of sp³-hybridized carbons (Fsp3) is 0.632. The van der Waals surface area contributed by atoms with Crippen LogP contribution in [0, 0.1) is 5.92 Å². The lowest BCUT2D eigenvalue weighted by atomic mass is 10.1. The third-order valence-electron chi connectivity index (χ3n) is 5.42. The molecule has 1 unspecified atom stereocenters. The Morgan fingerprint density at radius 3 is 2.76 bits per heavy atom. The molecule has 1 aromatic heterocycles. The van der Waals surface area contributed by atoms with Crippen LogP contribution in [0.3, 0.4) is 0 Å². The van der Waals surface area contributed by atoms with Crippen LogP contribution in [-0.4, -0.2) is 69.4 Å². The smallest absolute Gasteiger partial charge is 0.242 e. The lowest BCUT2D eigenvalue weighted by molar-refractivity contribution is -0.134. The van der Waals surface area contributed by atoms with Gasteiger partial charge in [-0.05, 0) is 31.4 Å². The van der Waals surface area contributed by atoms with E-state index < -0.39 is 10.0 Å². The van der Waals surface area contributed by atoms with E-state index in [1.54, 1.807) is 13.1 Å². The van der Waals surface area contributed by atoms with Crippen molar-refractivity contribution < 1.29 is 13.2 Å².